The number of anilines is 1. The molecule has 0 bridgehead atoms. The Morgan fingerprint density at radius 3 is 2.53 bits per heavy atom. The first-order valence-corrected chi connectivity index (χ1v) is 13.9. The fraction of sp³-hybridized carbons (Fsp3) is 0.400. The second kappa shape index (κ2) is 12.1. The molecule has 2 aromatic rings. The van der Waals surface area contributed by atoms with E-state index in [1.807, 2.05) is 6.07 Å². The summed E-state index contributed by atoms with van der Waals surface area (Å²) in [7, 11) is -4.19. The summed E-state index contributed by atoms with van der Waals surface area (Å²) in [5.41, 5.74) is 1.22. The molecule has 4 rings (SSSR count). The van der Waals surface area contributed by atoms with Gasteiger partial charge >= 0.3 is 5.97 Å². The Bertz CT molecular complexity index is 1280. The summed E-state index contributed by atoms with van der Waals surface area (Å²) in [5, 5.41) is 28.1. The summed E-state index contributed by atoms with van der Waals surface area (Å²) in [6.07, 6.45) is 2.87. The average Bonchev–Trinajstić information content (AvgIpc) is 2.92. The maximum absolute atomic E-state index is 12.8. The molecule has 13 heteroatoms. The monoisotopic (exact) mass is 544 g/mol. The van der Waals surface area contributed by atoms with Gasteiger partial charge in [0.25, 0.3) is 5.91 Å². The number of carboxylic acids is 1. The molecule has 38 heavy (non-hydrogen) atoms. The van der Waals surface area contributed by atoms with Gasteiger partial charge in [-0.05, 0) is 61.7 Å². The van der Waals surface area contributed by atoms with E-state index in [0.717, 1.165) is 69.2 Å². The van der Waals surface area contributed by atoms with Crippen molar-refractivity contribution >= 4 is 33.5 Å². The van der Waals surface area contributed by atoms with E-state index in [1.165, 1.54) is 12.1 Å². The van der Waals surface area contributed by atoms with Crippen LogP contribution in [0, 0.1) is 0 Å². The lowest BCUT2D eigenvalue weighted by Gasteiger charge is -2.35. The van der Waals surface area contributed by atoms with Crippen LogP contribution >= 0.6 is 0 Å². The van der Waals surface area contributed by atoms with Crippen molar-refractivity contribution in [3.05, 3.63) is 54.1 Å². The molecule has 0 spiro atoms. The van der Waals surface area contributed by atoms with Crippen LogP contribution in [0.2, 0.25) is 0 Å². The third-order valence-corrected chi connectivity index (χ3v) is 7.90. The van der Waals surface area contributed by atoms with Crippen molar-refractivity contribution in [1.29, 1.82) is 0 Å². The molecule has 2 aliphatic heterocycles. The van der Waals surface area contributed by atoms with E-state index in [2.05, 4.69) is 30.6 Å². The molecule has 1 saturated heterocycles. The number of benzene rings is 2. The highest BCUT2D eigenvalue weighted by atomic mass is 32.2. The predicted octanol–water partition coefficient (Wildman–Crippen LogP) is 0.461. The first-order chi connectivity index (χ1) is 18.2. The van der Waals surface area contributed by atoms with E-state index >= 15 is 0 Å². The van der Waals surface area contributed by atoms with E-state index in [1.54, 1.807) is 18.2 Å². The quantitative estimate of drug-likeness (QED) is 0.262. The molecule has 0 aromatic heterocycles. The Morgan fingerprint density at radius 2 is 1.87 bits per heavy atom. The zero-order chi connectivity index (χ0) is 27.1. The van der Waals surface area contributed by atoms with Gasteiger partial charge in [0.1, 0.15) is 11.8 Å². The van der Waals surface area contributed by atoms with Gasteiger partial charge in [0.05, 0.1) is 4.90 Å². The topological polar surface area (TPSA) is 172 Å². The predicted molar refractivity (Wildman–Crippen MR) is 142 cm³/mol. The number of guanidine groups is 1. The van der Waals surface area contributed by atoms with Crippen LogP contribution in [0.5, 0.6) is 5.75 Å². The van der Waals surface area contributed by atoms with Gasteiger partial charge < -0.3 is 31.1 Å². The summed E-state index contributed by atoms with van der Waals surface area (Å²) in [4.78, 5) is 30.9. The number of nitrogens with one attached hydrogen (secondary N) is 4. The number of sulfonamides is 1. The number of nitrogens with zero attached hydrogens (tertiary/aromatic N) is 2. The van der Waals surface area contributed by atoms with Gasteiger partial charge in [0.2, 0.25) is 10.0 Å². The van der Waals surface area contributed by atoms with E-state index in [0.29, 0.717) is 11.6 Å². The Hall–Kier alpha value is -3.84. The lowest BCUT2D eigenvalue weighted by molar-refractivity contribution is -0.138. The van der Waals surface area contributed by atoms with Crippen molar-refractivity contribution in [2.24, 2.45) is 4.99 Å². The number of phenols is 1. The number of aromatic hydroxyl groups is 1. The van der Waals surface area contributed by atoms with E-state index < -0.39 is 34.5 Å². The van der Waals surface area contributed by atoms with Crippen LogP contribution in [0.1, 0.15) is 29.6 Å². The minimum atomic E-state index is -4.19. The SMILES string of the molecule is O=C(NC[C@H](NS(=O)(=O)c1ccc(O)cc1)C(=O)O)c1cccc(N2CCC(NC3=NCCCN3)CC2)c1. The van der Waals surface area contributed by atoms with Gasteiger partial charge in [-0.3, -0.25) is 14.6 Å². The number of carboxylic acid groups (broad SMARTS) is 1. The Labute approximate surface area is 221 Å². The zero-order valence-electron chi connectivity index (χ0n) is 20.8. The molecule has 204 valence electrons. The van der Waals surface area contributed by atoms with E-state index in [4.69, 9.17) is 0 Å². The molecular weight excluding hydrogens is 512 g/mol. The van der Waals surface area contributed by atoms with Gasteiger partial charge in [-0.25, -0.2) is 8.42 Å². The van der Waals surface area contributed by atoms with Crippen LogP contribution in [0.15, 0.2) is 58.4 Å². The maximum atomic E-state index is 12.8. The number of aliphatic carboxylic acids is 1. The van der Waals surface area contributed by atoms with Crippen LogP contribution in [-0.2, 0) is 14.8 Å². The Morgan fingerprint density at radius 1 is 1.13 bits per heavy atom. The average molecular weight is 545 g/mol. The van der Waals surface area contributed by atoms with Crippen LogP contribution < -0.4 is 25.6 Å². The van der Waals surface area contributed by atoms with Crippen molar-refractivity contribution in [3.8, 4) is 5.75 Å². The smallest absolute Gasteiger partial charge is 0.323 e. The van der Waals surface area contributed by atoms with Gasteiger partial charge in [0, 0.05) is 50.0 Å². The number of phenolic OH excluding ortho intramolecular Hbond substituents is 1. The molecule has 12 nitrogen and oxygen atoms in total. The molecule has 2 aliphatic rings. The van der Waals surface area contributed by atoms with Crippen LogP contribution in [-0.4, -0.2) is 81.3 Å². The minimum absolute atomic E-state index is 0.124. The van der Waals surface area contributed by atoms with Gasteiger partial charge in [-0.15, -0.1) is 0 Å². The number of carbonyl (C=O) groups excluding carboxylic acids is 1. The molecule has 0 radical (unpaired) electrons. The second-order valence-corrected chi connectivity index (χ2v) is 10.9. The Balaban J connectivity index is 1.32. The number of rotatable bonds is 9. The fourth-order valence-electron chi connectivity index (χ4n) is 4.31. The summed E-state index contributed by atoms with van der Waals surface area (Å²) in [5.74, 6) is -1.22. The normalized spacial score (nSPS) is 17.2. The number of hydrogen-bond acceptors (Lipinski definition) is 9. The molecule has 1 fully saturated rings. The molecule has 0 saturated carbocycles. The van der Waals surface area contributed by atoms with Crippen molar-refractivity contribution in [1.82, 2.24) is 20.7 Å². The number of carbonyl (C=O) groups is 2. The largest absolute Gasteiger partial charge is 0.508 e. The van der Waals surface area contributed by atoms with Gasteiger partial charge in [-0.2, -0.15) is 4.72 Å². The molecule has 2 heterocycles. The molecular formula is C25H32N6O6S. The van der Waals surface area contributed by atoms with Crippen molar-refractivity contribution in [3.63, 3.8) is 0 Å². The molecule has 0 aliphatic carbocycles. The third-order valence-electron chi connectivity index (χ3n) is 6.42. The molecule has 1 amide bonds. The molecule has 0 unspecified atom stereocenters. The summed E-state index contributed by atoms with van der Waals surface area (Å²) < 4.78 is 27.2. The number of amides is 1. The van der Waals surface area contributed by atoms with Crippen LogP contribution in [0.25, 0.3) is 0 Å². The number of piperidine rings is 1. The molecule has 6 N–H and O–H groups in total. The number of hydrogen-bond donors (Lipinski definition) is 6. The highest BCUT2D eigenvalue weighted by molar-refractivity contribution is 7.89. The van der Waals surface area contributed by atoms with Gasteiger partial charge in [-0.1, -0.05) is 6.07 Å². The Kier molecular flexibility index (Phi) is 8.69. The lowest BCUT2D eigenvalue weighted by Crippen LogP contribution is -2.50. The third kappa shape index (κ3) is 7.13. The van der Waals surface area contributed by atoms with Crippen LogP contribution in [0.4, 0.5) is 5.69 Å². The van der Waals surface area contributed by atoms with Crippen molar-refractivity contribution in [2.45, 2.75) is 36.2 Å². The molecule has 1 atom stereocenters. The fourth-order valence-corrected chi connectivity index (χ4v) is 5.49. The summed E-state index contributed by atoms with van der Waals surface area (Å²) in [6, 6.07) is 10.4. The first kappa shape index (κ1) is 27.2. The van der Waals surface area contributed by atoms with Crippen molar-refractivity contribution in [2.75, 3.05) is 37.6 Å². The first-order valence-electron chi connectivity index (χ1n) is 12.4. The van der Waals surface area contributed by atoms with E-state index in [9.17, 15) is 28.2 Å². The maximum Gasteiger partial charge on any atom is 0.323 e. The standard InChI is InChI=1S/C25H32N6O6S/c32-20-5-7-21(8-6-20)38(36,37)30-22(24(34)35)16-28-23(33)17-3-1-4-19(15-17)31-13-9-18(10-14-31)29-25-26-11-2-12-27-25/h1,3-8,15,18,22,30,32H,2,9-14,16H2,(H,28,33)(H,34,35)(H2,26,27,29)/t22-/m0/s1. The van der Waals surface area contributed by atoms with Crippen LogP contribution in [0.3, 0.4) is 0 Å². The molecule has 2 aromatic carbocycles. The number of aliphatic imine (C=N–C) groups is 1. The summed E-state index contributed by atoms with van der Waals surface area (Å²) in [6.45, 7) is 2.91. The second-order valence-electron chi connectivity index (χ2n) is 9.18. The lowest BCUT2D eigenvalue weighted by atomic mass is 10.0. The van der Waals surface area contributed by atoms with E-state index in [-0.39, 0.29) is 10.6 Å². The van der Waals surface area contributed by atoms with Crippen molar-refractivity contribution < 1.29 is 28.2 Å². The van der Waals surface area contributed by atoms with Gasteiger partial charge in [0.15, 0.2) is 5.96 Å². The highest BCUT2D eigenvalue weighted by Crippen LogP contribution is 2.21. The zero-order valence-corrected chi connectivity index (χ0v) is 21.6. The highest BCUT2D eigenvalue weighted by Gasteiger charge is 2.26. The minimum Gasteiger partial charge on any atom is -0.508 e. The summed E-state index contributed by atoms with van der Waals surface area (Å²) >= 11 is 0.